The van der Waals surface area contributed by atoms with Crippen LogP contribution < -0.4 is 5.73 Å². The van der Waals surface area contributed by atoms with E-state index in [1.165, 1.54) is 24.8 Å². The summed E-state index contributed by atoms with van der Waals surface area (Å²) in [6, 6.07) is 11.4. The molecule has 2 unspecified atom stereocenters. The number of hydrogen-bond donors (Lipinski definition) is 1. The number of benzene rings is 1. The summed E-state index contributed by atoms with van der Waals surface area (Å²) in [7, 11) is 0. The second-order valence-electron chi connectivity index (χ2n) is 11.2. The van der Waals surface area contributed by atoms with Gasteiger partial charge in [-0.3, -0.25) is 4.79 Å². The second kappa shape index (κ2) is 8.63. The maximum atomic E-state index is 13.7. The van der Waals surface area contributed by atoms with Crippen LogP contribution in [-0.2, 0) is 10.2 Å². The van der Waals surface area contributed by atoms with Gasteiger partial charge >= 0.3 is 0 Å². The van der Waals surface area contributed by atoms with Gasteiger partial charge in [0.25, 0.3) is 5.91 Å². The van der Waals surface area contributed by atoms with E-state index < -0.39 is 0 Å². The molecule has 5 fully saturated rings. The number of alkyl halides is 1. The van der Waals surface area contributed by atoms with Gasteiger partial charge in [-0.1, -0.05) is 30.3 Å². The highest BCUT2D eigenvalue weighted by atomic mass is 35.5. The lowest BCUT2D eigenvalue weighted by Gasteiger charge is -2.64. The van der Waals surface area contributed by atoms with E-state index in [0.717, 1.165) is 63.2 Å². The molecule has 1 aromatic rings. The highest BCUT2D eigenvalue weighted by Gasteiger charge is 2.63. The molecule has 0 saturated heterocycles. The standard InChI is InChI=1S/C27H37ClN2O/c28-12-4-7-24-20-13-26(22-5-2-1-3-6-22)14-21(24)16-27(15-20,18-26)25(31)30-17-19-8-10-23(29)11-9-19/h1-3,5-6,17,19-21,23-24H,4,7-16,18,29H2. The molecule has 5 aliphatic rings. The third kappa shape index (κ3) is 4.02. The van der Waals surface area contributed by atoms with Gasteiger partial charge in [-0.15, -0.1) is 11.6 Å². The summed E-state index contributed by atoms with van der Waals surface area (Å²) in [6.45, 7) is 0. The molecule has 168 valence electrons. The molecular formula is C27H37ClN2O. The molecule has 0 spiro atoms. The molecule has 31 heavy (non-hydrogen) atoms. The molecule has 0 aromatic heterocycles. The Balaban J connectivity index is 1.40. The molecule has 2 atom stereocenters. The predicted molar refractivity (Wildman–Crippen MR) is 127 cm³/mol. The maximum Gasteiger partial charge on any atom is 0.251 e. The zero-order chi connectivity index (χ0) is 21.5. The highest BCUT2D eigenvalue weighted by Crippen LogP contribution is 2.68. The summed E-state index contributed by atoms with van der Waals surface area (Å²) >= 11 is 6.06. The summed E-state index contributed by atoms with van der Waals surface area (Å²) in [5.74, 6) is 3.36. The average molecular weight is 441 g/mol. The number of hydrogen-bond acceptors (Lipinski definition) is 2. The van der Waals surface area contributed by atoms with Crippen molar-refractivity contribution in [2.24, 2.45) is 39.8 Å². The number of aliphatic imine (C=N–C) groups is 1. The van der Waals surface area contributed by atoms with Crippen molar-refractivity contribution in [1.82, 2.24) is 0 Å². The number of carbonyl (C=O) groups is 1. The molecule has 1 amide bonds. The Morgan fingerprint density at radius 2 is 1.74 bits per heavy atom. The Morgan fingerprint density at radius 3 is 2.39 bits per heavy atom. The van der Waals surface area contributed by atoms with Crippen LogP contribution in [0.25, 0.3) is 0 Å². The summed E-state index contributed by atoms with van der Waals surface area (Å²) in [6.07, 6.45) is 14.1. The van der Waals surface area contributed by atoms with Crippen molar-refractivity contribution in [3.8, 4) is 0 Å². The first-order chi connectivity index (χ1) is 15.0. The lowest BCUT2D eigenvalue weighted by atomic mass is 9.39. The molecule has 4 heteroatoms. The Morgan fingerprint density at radius 1 is 1.06 bits per heavy atom. The number of carbonyl (C=O) groups excluding carboxylic acids is 1. The van der Waals surface area contributed by atoms with Crippen LogP contribution in [0.5, 0.6) is 0 Å². The monoisotopic (exact) mass is 440 g/mol. The zero-order valence-electron chi connectivity index (χ0n) is 18.6. The molecule has 6 rings (SSSR count). The first-order valence-electron chi connectivity index (χ1n) is 12.5. The average Bonchev–Trinajstić information content (AvgIpc) is 2.78. The number of amides is 1. The molecule has 0 aliphatic heterocycles. The van der Waals surface area contributed by atoms with Crippen LogP contribution in [0.2, 0.25) is 0 Å². The second-order valence-corrected chi connectivity index (χ2v) is 11.6. The molecule has 1 aromatic carbocycles. The Labute approximate surface area is 192 Å². The highest BCUT2D eigenvalue weighted by molar-refractivity contribution is 6.17. The summed E-state index contributed by atoms with van der Waals surface area (Å²) in [4.78, 5) is 18.3. The van der Waals surface area contributed by atoms with Crippen molar-refractivity contribution in [3.05, 3.63) is 35.9 Å². The van der Waals surface area contributed by atoms with Crippen molar-refractivity contribution in [3.63, 3.8) is 0 Å². The minimum atomic E-state index is -0.249. The third-order valence-electron chi connectivity index (χ3n) is 9.23. The number of nitrogens with zero attached hydrogens (tertiary/aromatic N) is 1. The van der Waals surface area contributed by atoms with Crippen LogP contribution in [0.15, 0.2) is 35.3 Å². The fraction of sp³-hybridized carbons (Fsp3) is 0.704. The largest absolute Gasteiger partial charge is 0.328 e. The fourth-order valence-corrected chi connectivity index (χ4v) is 8.17. The first-order valence-corrected chi connectivity index (χ1v) is 13.0. The first kappa shape index (κ1) is 21.6. The Bertz CT molecular complexity index is 798. The number of rotatable bonds is 6. The molecule has 5 aliphatic carbocycles. The predicted octanol–water partition coefficient (Wildman–Crippen LogP) is 5.88. The van der Waals surface area contributed by atoms with E-state index in [9.17, 15) is 4.79 Å². The van der Waals surface area contributed by atoms with Crippen LogP contribution in [0.1, 0.15) is 76.2 Å². The van der Waals surface area contributed by atoms with Crippen molar-refractivity contribution < 1.29 is 4.79 Å². The van der Waals surface area contributed by atoms with Crippen LogP contribution in [0.4, 0.5) is 0 Å². The zero-order valence-corrected chi connectivity index (χ0v) is 19.4. The van der Waals surface area contributed by atoms with Gasteiger partial charge in [0.1, 0.15) is 0 Å². The number of nitrogens with two attached hydrogens (primary N) is 1. The smallest absolute Gasteiger partial charge is 0.251 e. The minimum Gasteiger partial charge on any atom is -0.328 e. The van der Waals surface area contributed by atoms with Crippen LogP contribution in [0.3, 0.4) is 0 Å². The SMILES string of the molecule is NC1CCC(C=NC(=O)C23CC4CC(c5ccccc5)(CC(C2)C4CCCCl)C3)CC1. The summed E-state index contributed by atoms with van der Waals surface area (Å²) in [5, 5.41) is 0. The quantitative estimate of drug-likeness (QED) is 0.443. The number of halogens is 1. The van der Waals surface area contributed by atoms with E-state index in [-0.39, 0.29) is 16.7 Å². The lowest BCUT2D eigenvalue weighted by molar-refractivity contribution is -0.154. The Hall–Kier alpha value is -1.19. The van der Waals surface area contributed by atoms with E-state index in [2.05, 4.69) is 35.3 Å². The lowest BCUT2D eigenvalue weighted by Crippen LogP contribution is -2.59. The van der Waals surface area contributed by atoms with Crippen LogP contribution >= 0.6 is 11.6 Å². The van der Waals surface area contributed by atoms with Gasteiger partial charge in [-0.05, 0) is 105 Å². The van der Waals surface area contributed by atoms with Gasteiger partial charge in [0, 0.05) is 18.1 Å². The van der Waals surface area contributed by atoms with E-state index in [0.29, 0.717) is 23.8 Å². The van der Waals surface area contributed by atoms with Gasteiger partial charge in [0.15, 0.2) is 0 Å². The molecular weight excluding hydrogens is 404 g/mol. The molecule has 5 saturated carbocycles. The van der Waals surface area contributed by atoms with Crippen molar-refractivity contribution in [2.75, 3.05) is 5.88 Å². The van der Waals surface area contributed by atoms with Gasteiger partial charge in [0.2, 0.25) is 0 Å². The minimum absolute atomic E-state index is 0.160. The van der Waals surface area contributed by atoms with E-state index in [1.54, 1.807) is 0 Å². The van der Waals surface area contributed by atoms with Crippen molar-refractivity contribution in [1.29, 1.82) is 0 Å². The molecule has 0 heterocycles. The van der Waals surface area contributed by atoms with Crippen LogP contribution in [0, 0.1) is 29.1 Å². The molecule has 3 nitrogen and oxygen atoms in total. The normalized spacial score (nSPS) is 41.7. The summed E-state index contributed by atoms with van der Waals surface area (Å²) in [5.41, 5.74) is 7.41. The van der Waals surface area contributed by atoms with Gasteiger partial charge < -0.3 is 5.73 Å². The summed E-state index contributed by atoms with van der Waals surface area (Å²) < 4.78 is 0. The van der Waals surface area contributed by atoms with Gasteiger partial charge in [-0.2, -0.15) is 0 Å². The fourth-order valence-electron chi connectivity index (χ4n) is 8.01. The maximum absolute atomic E-state index is 13.7. The van der Waals surface area contributed by atoms with Gasteiger partial charge in [-0.25, -0.2) is 4.99 Å². The molecule has 0 radical (unpaired) electrons. The van der Waals surface area contributed by atoms with Gasteiger partial charge in [0.05, 0.1) is 5.41 Å². The van der Waals surface area contributed by atoms with E-state index in [1.807, 2.05) is 6.21 Å². The molecule has 4 bridgehead atoms. The van der Waals surface area contributed by atoms with E-state index >= 15 is 0 Å². The van der Waals surface area contributed by atoms with Crippen molar-refractivity contribution >= 4 is 23.7 Å². The van der Waals surface area contributed by atoms with E-state index in [4.69, 9.17) is 17.3 Å². The van der Waals surface area contributed by atoms with Crippen molar-refractivity contribution in [2.45, 2.75) is 82.1 Å². The van der Waals surface area contributed by atoms with Crippen LogP contribution in [-0.4, -0.2) is 24.0 Å². The Kier molecular flexibility index (Phi) is 6.03. The molecule has 2 N–H and O–H groups in total. The third-order valence-corrected chi connectivity index (χ3v) is 9.50. The topological polar surface area (TPSA) is 55.4 Å².